The lowest BCUT2D eigenvalue weighted by Crippen LogP contribution is -2.29. The molecule has 0 fully saturated rings. The van der Waals surface area contributed by atoms with E-state index in [1.807, 2.05) is 17.5 Å². The monoisotopic (exact) mass is 392 g/mol. The molecular formula is C13H14BrFN2O2S2. The molecule has 1 heterocycles. The molecule has 1 aromatic heterocycles. The summed E-state index contributed by atoms with van der Waals surface area (Å²) in [5.41, 5.74) is 5.54. The van der Waals surface area contributed by atoms with Gasteiger partial charge in [0.2, 0.25) is 10.0 Å². The van der Waals surface area contributed by atoms with Crippen LogP contribution in [0.2, 0.25) is 0 Å². The first kappa shape index (κ1) is 16.4. The molecule has 0 radical (unpaired) electrons. The first-order valence-electron chi connectivity index (χ1n) is 6.05. The van der Waals surface area contributed by atoms with Crippen molar-refractivity contribution in [2.45, 2.75) is 11.3 Å². The Balaban J connectivity index is 2.22. The second-order valence-corrected chi connectivity index (χ2v) is 8.36. The van der Waals surface area contributed by atoms with Gasteiger partial charge < -0.3 is 5.73 Å². The molecule has 21 heavy (non-hydrogen) atoms. The first-order chi connectivity index (χ1) is 9.82. The Labute approximate surface area is 135 Å². The van der Waals surface area contributed by atoms with Crippen molar-refractivity contribution in [2.75, 3.05) is 19.3 Å². The van der Waals surface area contributed by atoms with Gasteiger partial charge in [0, 0.05) is 18.5 Å². The Hall–Kier alpha value is -0.960. The minimum absolute atomic E-state index is 0.0712. The van der Waals surface area contributed by atoms with E-state index < -0.39 is 15.8 Å². The van der Waals surface area contributed by atoms with Crippen molar-refractivity contribution in [3.63, 3.8) is 0 Å². The van der Waals surface area contributed by atoms with Crippen LogP contribution in [0.5, 0.6) is 0 Å². The number of anilines is 1. The zero-order chi connectivity index (χ0) is 15.6. The number of nitrogens with zero attached hydrogens (tertiary/aromatic N) is 1. The lowest BCUT2D eigenvalue weighted by Gasteiger charge is -2.18. The second kappa shape index (κ2) is 6.43. The quantitative estimate of drug-likeness (QED) is 0.795. The molecule has 0 amide bonds. The topological polar surface area (TPSA) is 63.4 Å². The number of benzene rings is 1. The van der Waals surface area contributed by atoms with E-state index in [0.29, 0.717) is 13.0 Å². The maximum Gasteiger partial charge on any atom is 0.244 e. The van der Waals surface area contributed by atoms with Crippen LogP contribution in [0.25, 0.3) is 0 Å². The van der Waals surface area contributed by atoms with Gasteiger partial charge in [0.1, 0.15) is 10.7 Å². The third-order valence-electron chi connectivity index (χ3n) is 2.99. The highest BCUT2D eigenvalue weighted by molar-refractivity contribution is 9.10. The lowest BCUT2D eigenvalue weighted by atomic mass is 10.3. The van der Waals surface area contributed by atoms with Crippen LogP contribution in [0.15, 0.2) is 39.0 Å². The maximum absolute atomic E-state index is 13.3. The molecule has 0 spiro atoms. The average molecular weight is 393 g/mol. The number of nitrogens with two attached hydrogens (primary N) is 1. The van der Waals surface area contributed by atoms with E-state index >= 15 is 0 Å². The van der Waals surface area contributed by atoms with Gasteiger partial charge in [-0.15, -0.1) is 11.3 Å². The molecule has 2 aromatic rings. The molecule has 114 valence electrons. The van der Waals surface area contributed by atoms with E-state index in [9.17, 15) is 12.8 Å². The number of hydrogen-bond donors (Lipinski definition) is 1. The molecule has 2 N–H and O–H groups in total. The summed E-state index contributed by atoms with van der Waals surface area (Å²) in [5.74, 6) is -0.590. The fourth-order valence-corrected chi connectivity index (χ4v) is 4.26. The molecule has 4 nitrogen and oxygen atoms in total. The van der Waals surface area contributed by atoms with Gasteiger partial charge in [0.05, 0.1) is 10.2 Å². The minimum atomic E-state index is -3.75. The smallest absolute Gasteiger partial charge is 0.244 e. The fourth-order valence-electron chi connectivity index (χ4n) is 1.78. The van der Waals surface area contributed by atoms with Gasteiger partial charge in [0.25, 0.3) is 0 Å². The maximum atomic E-state index is 13.3. The standard InChI is InChI=1S/C13H14BrFN2O2S2/c1-17(5-4-9-3-2-6-20-9)21(18,19)13-7-10(14)11(15)8-12(13)16/h2-3,6-8H,4-5,16H2,1H3. The number of likely N-dealkylation sites (N-methyl/N-ethyl adjacent to an activating group) is 1. The molecule has 0 saturated heterocycles. The summed E-state index contributed by atoms with van der Waals surface area (Å²) in [4.78, 5) is 1.01. The van der Waals surface area contributed by atoms with Crippen LogP contribution in [0.3, 0.4) is 0 Å². The molecule has 0 aliphatic rings. The van der Waals surface area contributed by atoms with Gasteiger partial charge in [-0.1, -0.05) is 6.07 Å². The van der Waals surface area contributed by atoms with E-state index in [0.717, 1.165) is 10.9 Å². The van der Waals surface area contributed by atoms with Crippen molar-refractivity contribution in [1.82, 2.24) is 4.31 Å². The number of halogens is 2. The van der Waals surface area contributed by atoms with E-state index in [1.54, 1.807) is 11.3 Å². The SMILES string of the molecule is CN(CCc1cccs1)S(=O)(=O)c1cc(Br)c(F)cc1N. The molecule has 0 aliphatic heterocycles. The Morgan fingerprint density at radius 2 is 2.14 bits per heavy atom. The van der Waals surface area contributed by atoms with Crippen molar-refractivity contribution >= 4 is 43.0 Å². The summed E-state index contributed by atoms with van der Waals surface area (Å²) < 4.78 is 39.6. The molecule has 0 saturated carbocycles. The van der Waals surface area contributed by atoms with Crippen molar-refractivity contribution in [1.29, 1.82) is 0 Å². The van der Waals surface area contributed by atoms with Gasteiger partial charge >= 0.3 is 0 Å². The lowest BCUT2D eigenvalue weighted by molar-refractivity contribution is 0.473. The van der Waals surface area contributed by atoms with Gasteiger partial charge in [-0.05, 0) is 45.9 Å². The summed E-state index contributed by atoms with van der Waals surface area (Å²) in [5, 5.41) is 1.94. The summed E-state index contributed by atoms with van der Waals surface area (Å²) in [6.07, 6.45) is 0.621. The summed E-state index contributed by atoms with van der Waals surface area (Å²) in [6.45, 7) is 0.331. The largest absolute Gasteiger partial charge is 0.398 e. The molecule has 0 bridgehead atoms. The molecule has 1 aromatic carbocycles. The molecule has 0 unspecified atom stereocenters. The molecule has 8 heteroatoms. The van der Waals surface area contributed by atoms with Gasteiger partial charge in [-0.3, -0.25) is 0 Å². The Morgan fingerprint density at radius 1 is 1.43 bits per heavy atom. The highest BCUT2D eigenvalue weighted by atomic mass is 79.9. The van der Waals surface area contributed by atoms with Crippen LogP contribution >= 0.6 is 27.3 Å². The third-order valence-corrected chi connectivity index (χ3v) is 6.45. The third kappa shape index (κ3) is 3.63. The average Bonchev–Trinajstić information content (AvgIpc) is 2.93. The Kier molecular flexibility index (Phi) is 5.03. The van der Waals surface area contributed by atoms with Crippen LogP contribution < -0.4 is 5.73 Å². The van der Waals surface area contributed by atoms with E-state index in [1.165, 1.54) is 17.4 Å². The van der Waals surface area contributed by atoms with E-state index in [-0.39, 0.29) is 15.1 Å². The number of nitrogen functional groups attached to an aromatic ring is 1. The number of sulfonamides is 1. The minimum Gasteiger partial charge on any atom is -0.398 e. The summed E-state index contributed by atoms with van der Waals surface area (Å²) in [7, 11) is -2.26. The van der Waals surface area contributed by atoms with Crippen LogP contribution in [-0.2, 0) is 16.4 Å². The van der Waals surface area contributed by atoms with Crippen LogP contribution in [0.1, 0.15) is 4.88 Å². The number of hydrogen-bond acceptors (Lipinski definition) is 4. The molecule has 0 atom stereocenters. The molecule has 0 aliphatic carbocycles. The van der Waals surface area contributed by atoms with Crippen LogP contribution in [0, 0.1) is 5.82 Å². The number of rotatable bonds is 5. The zero-order valence-electron chi connectivity index (χ0n) is 11.2. The molecular weight excluding hydrogens is 379 g/mol. The van der Waals surface area contributed by atoms with Crippen LogP contribution in [-0.4, -0.2) is 26.3 Å². The Bertz CT molecular complexity index is 733. The van der Waals surface area contributed by atoms with Crippen LogP contribution in [0.4, 0.5) is 10.1 Å². The number of thiophene rings is 1. The first-order valence-corrected chi connectivity index (χ1v) is 9.17. The van der Waals surface area contributed by atoms with E-state index in [2.05, 4.69) is 15.9 Å². The van der Waals surface area contributed by atoms with Gasteiger partial charge in [-0.2, -0.15) is 0 Å². The van der Waals surface area contributed by atoms with Gasteiger partial charge in [-0.25, -0.2) is 17.1 Å². The van der Waals surface area contributed by atoms with Crippen molar-refractivity contribution in [3.05, 3.63) is 44.8 Å². The predicted octanol–water partition coefficient (Wildman–Crippen LogP) is 3.10. The normalized spacial score (nSPS) is 12.0. The predicted molar refractivity (Wildman–Crippen MR) is 86.4 cm³/mol. The Morgan fingerprint density at radius 3 is 2.76 bits per heavy atom. The zero-order valence-corrected chi connectivity index (χ0v) is 14.4. The summed E-state index contributed by atoms with van der Waals surface area (Å²) in [6, 6.07) is 6.07. The van der Waals surface area contributed by atoms with E-state index in [4.69, 9.17) is 5.73 Å². The van der Waals surface area contributed by atoms with Crippen molar-refractivity contribution in [2.24, 2.45) is 0 Å². The highest BCUT2D eigenvalue weighted by Gasteiger charge is 2.24. The van der Waals surface area contributed by atoms with Crippen molar-refractivity contribution < 1.29 is 12.8 Å². The second-order valence-electron chi connectivity index (χ2n) is 4.46. The van der Waals surface area contributed by atoms with Crippen molar-refractivity contribution in [3.8, 4) is 0 Å². The summed E-state index contributed by atoms with van der Waals surface area (Å²) >= 11 is 4.56. The highest BCUT2D eigenvalue weighted by Crippen LogP contribution is 2.28. The fraction of sp³-hybridized carbons (Fsp3) is 0.231. The van der Waals surface area contributed by atoms with Gasteiger partial charge in [0.15, 0.2) is 0 Å². The molecule has 2 rings (SSSR count).